The molecule has 3 aromatic rings. The summed E-state index contributed by atoms with van der Waals surface area (Å²) in [5, 5.41) is 14.7. The van der Waals surface area contributed by atoms with Gasteiger partial charge in [0.05, 0.1) is 18.2 Å². The lowest BCUT2D eigenvalue weighted by atomic mass is 9.92. The lowest BCUT2D eigenvalue weighted by Gasteiger charge is -2.27. The quantitative estimate of drug-likeness (QED) is 0.535. The van der Waals surface area contributed by atoms with Gasteiger partial charge in [-0.25, -0.2) is 4.68 Å². The van der Waals surface area contributed by atoms with Gasteiger partial charge in [0.25, 0.3) is 0 Å². The predicted molar refractivity (Wildman–Crippen MR) is 139 cm³/mol. The van der Waals surface area contributed by atoms with Crippen LogP contribution >= 0.6 is 0 Å². The standard InChI is InChI=1S/C28H34N6O3/c1-17-10-23(29-14-17)28(36)34-16-19(11-20-4-3-5-26-21(20)8-9-37-26)13-25(34)27(35)30-15-18-6-7-24-22(12-18)31-32-33(24)2/h3-7,12,17,19,23,25,29H,8-11,13-16H2,1-2H3,(H,30,35)/t17-,19-,23-,25+/m1/s1. The number of likely N-dealkylation sites (tertiary alicyclic amines) is 1. The third-order valence-electron chi connectivity index (χ3n) is 8.11. The Morgan fingerprint density at radius 1 is 1.22 bits per heavy atom. The Morgan fingerprint density at radius 2 is 2.11 bits per heavy atom. The number of amides is 2. The minimum atomic E-state index is -0.469. The van der Waals surface area contributed by atoms with Crippen LogP contribution in [0, 0.1) is 11.8 Å². The molecule has 0 aliphatic carbocycles. The minimum absolute atomic E-state index is 0.0506. The highest BCUT2D eigenvalue weighted by atomic mass is 16.5. The fraction of sp³-hybridized carbons (Fsp3) is 0.500. The number of rotatable bonds is 6. The van der Waals surface area contributed by atoms with E-state index < -0.39 is 6.04 Å². The zero-order valence-electron chi connectivity index (χ0n) is 21.4. The molecule has 0 radical (unpaired) electrons. The molecule has 6 rings (SSSR count). The van der Waals surface area contributed by atoms with Gasteiger partial charge < -0.3 is 20.3 Å². The van der Waals surface area contributed by atoms with E-state index in [0.717, 1.165) is 54.8 Å². The van der Waals surface area contributed by atoms with Gasteiger partial charge in [0.1, 0.15) is 17.3 Å². The third-order valence-corrected chi connectivity index (χ3v) is 8.11. The molecule has 0 spiro atoms. The summed E-state index contributed by atoms with van der Waals surface area (Å²) in [4.78, 5) is 28.9. The number of hydrogen-bond acceptors (Lipinski definition) is 6. The summed E-state index contributed by atoms with van der Waals surface area (Å²) in [6.45, 7) is 4.70. The summed E-state index contributed by atoms with van der Waals surface area (Å²) in [7, 11) is 1.86. The SMILES string of the molecule is C[C@H]1CN[C@@H](C(=O)N2C[C@H](Cc3cccc4c3CCO4)C[C@H]2C(=O)NCc2ccc3c(c2)nnn3C)C1. The summed E-state index contributed by atoms with van der Waals surface area (Å²) < 4.78 is 7.48. The van der Waals surface area contributed by atoms with Crippen molar-refractivity contribution in [2.24, 2.45) is 18.9 Å². The number of aromatic nitrogens is 3. The van der Waals surface area contributed by atoms with Crippen LogP contribution in [-0.2, 0) is 36.0 Å². The molecule has 2 aromatic carbocycles. The van der Waals surface area contributed by atoms with Crippen molar-refractivity contribution in [1.82, 2.24) is 30.5 Å². The number of aryl methyl sites for hydroxylation is 1. The largest absolute Gasteiger partial charge is 0.493 e. The van der Waals surface area contributed by atoms with Gasteiger partial charge in [0.15, 0.2) is 0 Å². The van der Waals surface area contributed by atoms with Crippen molar-refractivity contribution < 1.29 is 14.3 Å². The Kier molecular flexibility index (Phi) is 6.32. The first-order chi connectivity index (χ1) is 18.0. The number of benzene rings is 2. The molecule has 4 heterocycles. The number of nitrogens with zero attached hydrogens (tertiary/aromatic N) is 4. The molecule has 1 aromatic heterocycles. The van der Waals surface area contributed by atoms with Crippen LogP contribution in [0.5, 0.6) is 5.75 Å². The van der Waals surface area contributed by atoms with Gasteiger partial charge in [-0.3, -0.25) is 9.59 Å². The van der Waals surface area contributed by atoms with Gasteiger partial charge >= 0.3 is 0 Å². The zero-order chi connectivity index (χ0) is 25.5. The van der Waals surface area contributed by atoms with Crippen LogP contribution < -0.4 is 15.4 Å². The van der Waals surface area contributed by atoms with E-state index in [9.17, 15) is 9.59 Å². The number of nitrogens with one attached hydrogen (secondary N) is 2. The van der Waals surface area contributed by atoms with Crippen LogP contribution in [0.15, 0.2) is 36.4 Å². The van der Waals surface area contributed by atoms with E-state index in [-0.39, 0.29) is 23.8 Å². The molecule has 2 amide bonds. The Bertz CT molecular complexity index is 1340. The molecule has 37 heavy (non-hydrogen) atoms. The monoisotopic (exact) mass is 502 g/mol. The van der Waals surface area contributed by atoms with Crippen molar-refractivity contribution in [3.05, 3.63) is 53.1 Å². The molecule has 2 N–H and O–H groups in total. The second kappa shape index (κ2) is 9.78. The maximum Gasteiger partial charge on any atom is 0.243 e. The molecule has 0 bridgehead atoms. The maximum absolute atomic E-state index is 13.6. The van der Waals surface area contributed by atoms with Gasteiger partial charge in [0.2, 0.25) is 11.8 Å². The van der Waals surface area contributed by atoms with Crippen molar-refractivity contribution in [3.63, 3.8) is 0 Å². The first-order valence-corrected chi connectivity index (χ1v) is 13.3. The van der Waals surface area contributed by atoms with E-state index in [1.165, 1.54) is 11.1 Å². The third kappa shape index (κ3) is 4.68. The summed E-state index contributed by atoms with van der Waals surface area (Å²) in [5.74, 6) is 1.61. The van der Waals surface area contributed by atoms with Crippen molar-refractivity contribution in [2.75, 3.05) is 19.7 Å². The molecule has 9 heteroatoms. The second-order valence-corrected chi connectivity index (χ2v) is 10.9. The van der Waals surface area contributed by atoms with Crippen LogP contribution in [0.25, 0.3) is 11.0 Å². The smallest absolute Gasteiger partial charge is 0.243 e. The van der Waals surface area contributed by atoms with Gasteiger partial charge in [-0.1, -0.05) is 30.3 Å². The fourth-order valence-electron chi connectivity index (χ4n) is 6.16. The first-order valence-electron chi connectivity index (χ1n) is 13.3. The number of fused-ring (bicyclic) bond motifs is 2. The van der Waals surface area contributed by atoms with E-state index in [2.05, 4.69) is 33.9 Å². The lowest BCUT2D eigenvalue weighted by molar-refractivity contribution is -0.139. The summed E-state index contributed by atoms with van der Waals surface area (Å²) in [5.41, 5.74) is 5.26. The lowest BCUT2D eigenvalue weighted by Crippen LogP contribution is -2.51. The fourth-order valence-corrected chi connectivity index (χ4v) is 6.16. The van der Waals surface area contributed by atoms with Gasteiger partial charge in [-0.15, -0.1) is 5.10 Å². The highest BCUT2D eigenvalue weighted by Crippen LogP contribution is 2.34. The van der Waals surface area contributed by atoms with Crippen LogP contribution in [0.2, 0.25) is 0 Å². The topological polar surface area (TPSA) is 101 Å². The molecular weight excluding hydrogens is 468 g/mol. The van der Waals surface area contributed by atoms with Crippen molar-refractivity contribution in [2.45, 2.75) is 51.2 Å². The van der Waals surface area contributed by atoms with Crippen LogP contribution in [0.1, 0.15) is 36.5 Å². The maximum atomic E-state index is 13.6. The molecule has 2 fully saturated rings. The molecule has 9 nitrogen and oxygen atoms in total. The van der Waals surface area contributed by atoms with E-state index >= 15 is 0 Å². The average Bonchev–Trinajstić information content (AvgIpc) is 3.69. The Morgan fingerprint density at radius 3 is 2.95 bits per heavy atom. The van der Waals surface area contributed by atoms with E-state index in [4.69, 9.17) is 4.74 Å². The van der Waals surface area contributed by atoms with E-state index in [1.54, 1.807) is 4.68 Å². The first kappa shape index (κ1) is 23.9. The Balaban J connectivity index is 1.18. The van der Waals surface area contributed by atoms with Gasteiger partial charge in [-0.2, -0.15) is 0 Å². The molecular formula is C28H34N6O3. The second-order valence-electron chi connectivity index (χ2n) is 10.9. The van der Waals surface area contributed by atoms with E-state index in [0.29, 0.717) is 25.4 Å². The summed E-state index contributed by atoms with van der Waals surface area (Å²) in [6, 6.07) is 11.4. The average molecular weight is 503 g/mol. The molecule has 0 unspecified atom stereocenters. The molecule has 4 atom stereocenters. The highest BCUT2D eigenvalue weighted by molar-refractivity contribution is 5.90. The van der Waals surface area contributed by atoms with Crippen LogP contribution in [0.4, 0.5) is 0 Å². The summed E-state index contributed by atoms with van der Waals surface area (Å²) >= 11 is 0. The normalized spacial score (nSPS) is 24.9. The minimum Gasteiger partial charge on any atom is -0.493 e. The number of carbonyl (C=O) groups is 2. The molecule has 194 valence electrons. The Hall–Kier alpha value is -3.46. The molecule has 3 aliphatic heterocycles. The Labute approximate surface area is 216 Å². The number of ether oxygens (including phenoxy) is 1. The summed E-state index contributed by atoms with van der Waals surface area (Å²) in [6.07, 6.45) is 3.24. The predicted octanol–water partition coefficient (Wildman–Crippen LogP) is 1.98. The number of carbonyl (C=O) groups excluding carboxylic acids is 2. The molecule has 3 aliphatic rings. The van der Waals surface area contributed by atoms with Crippen LogP contribution in [0.3, 0.4) is 0 Å². The number of hydrogen-bond donors (Lipinski definition) is 2. The van der Waals surface area contributed by atoms with Crippen molar-refractivity contribution in [1.29, 1.82) is 0 Å². The van der Waals surface area contributed by atoms with Crippen molar-refractivity contribution >= 4 is 22.8 Å². The molecule has 0 saturated carbocycles. The highest BCUT2D eigenvalue weighted by Gasteiger charge is 2.43. The van der Waals surface area contributed by atoms with Gasteiger partial charge in [-0.05, 0) is 67.0 Å². The zero-order valence-corrected chi connectivity index (χ0v) is 21.4. The molecule has 2 saturated heterocycles. The van der Waals surface area contributed by atoms with E-state index in [1.807, 2.05) is 42.3 Å². The van der Waals surface area contributed by atoms with Crippen molar-refractivity contribution in [3.8, 4) is 5.75 Å². The van der Waals surface area contributed by atoms with Gasteiger partial charge in [0, 0.05) is 32.1 Å². The van der Waals surface area contributed by atoms with Crippen LogP contribution in [-0.4, -0.2) is 63.5 Å².